The van der Waals surface area contributed by atoms with Crippen LogP contribution in [-0.2, 0) is 4.79 Å². The Bertz CT molecular complexity index is 542. The zero-order chi connectivity index (χ0) is 14.5. The maximum Gasteiger partial charge on any atom is 0.241 e. The number of rotatable bonds is 3. The number of hydrogen-bond donors (Lipinski definition) is 1. The first-order valence-corrected chi connectivity index (χ1v) is 7.02. The second kappa shape index (κ2) is 6.38. The number of anilines is 1. The number of piperidine rings is 1. The van der Waals surface area contributed by atoms with Crippen molar-refractivity contribution in [3.63, 3.8) is 0 Å². The third-order valence-corrected chi connectivity index (χ3v) is 3.58. The van der Waals surface area contributed by atoms with Crippen molar-refractivity contribution in [1.29, 1.82) is 5.26 Å². The molecule has 106 valence electrons. The molecule has 1 aromatic rings. The minimum Gasteiger partial charge on any atom is -0.375 e. The van der Waals surface area contributed by atoms with E-state index in [-0.39, 0.29) is 12.5 Å². The molecule has 0 atom stereocenters. The van der Waals surface area contributed by atoms with Gasteiger partial charge in [0.15, 0.2) is 0 Å². The number of carbonyl (C=O) groups is 1. The van der Waals surface area contributed by atoms with Crippen LogP contribution in [0.5, 0.6) is 0 Å². The van der Waals surface area contributed by atoms with Crippen LogP contribution >= 0.6 is 0 Å². The second-order valence-electron chi connectivity index (χ2n) is 5.18. The summed E-state index contributed by atoms with van der Waals surface area (Å²) >= 11 is 0. The van der Waals surface area contributed by atoms with Gasteiger partial charge in [-0.05, 0) is 39.2 Å². The fraction of sp³-hybridized carbons (Fsp3) is 0.533. The van der Waals surface area contributed by atoms with Crippen molar-refractivity contribution >= 4 is 11.6 Å². The zero-order valence-corrected chi connectivity index (χ0v) is 12.1. The summed E-state index contributed by atoms with van der Waals surface area (Å²) in [6, 6.07) is 3.96. The molecule has 0 saturated carbocycles. The van der Waals surface area contributed by atoms with Gasteiger partial charge in [-0.3, -0.25) is 9.78 Å². The molecule has 1 fully saturated rings. The van der Waals surface area contributed by atoms with Gasteiger partial charge in [-0.15, -0.1) is 0 Å². The Kier molecular flexibility index (Phi) is 4.57. The molecule has 1 amide bonds. The Morgan fingerprint density at radius 2 is 2.10 bits per heavy atom. The van der Waals surface area contributed by atoms with Crippen LogP contribution < -0.4 is 5.32 Å². The molecule has 1 saturated heterocycles. The van der Waals surface area contributed by atoms with Crippen molar-refractivity contribution in [3.05, 3.63) is 23.0 Å². The van der Waals surface area contributed by atoms with E-state index in [0.717, 1.165) is 31.6 Å². The minimum absolute atomic E-state index is 0.0979. The second-order valence-corrected chi connectivity index (χ2v) is 5.18. The van der Waals surface area contributed by atoms with Gasteiger partial charge in [0, 0.05) is 18.8 Å². The first-order chi connectivity index (χ1) is 9.61. The van der Waals surface area contributed by atoms with Gasteiger partial charge in [-0.1, -0.05) is 0 Å². The van der Waals surface area contributed by atoms with Gasteiger partial charge in [-0.25, -0.2) is 0 Å². The summed E-state index contributed by atoms with van der Waals surface area (Å²) in [6.07, 6.45) is 3.38. The van der Waals surface area contributed by atoms with Crippen molar-refractivity contribution in [1.82, 2.24) is 9.88 Å². The predicted octanol–water partition coefficient (Wildman–Crippen LogP) is 1.99. The lowest BCUT2D eigenvalue weighted by Crippen LogP contribution is -2.39. The first-order valence-electron chi connectivity index (χ1n) is 7.02. The summed E-state index contributed by atoms with van der Waals surface area (Å²) in [4.78, 5) is 18.3. The highest BCUT2D eigenvalue weighted by Gasteiger charge is 2.17. The normalized spacial score (nSPS) is 14.8. The number of amides is 1. The number of aromatic nitrogens is 1. The number of carbonyl (C=O) groups excluding carboxylic acids is 1. The lowest BCUT2D eigenvalue weighted by atomic mass is 10.1. The molecule has 1 aromatic heterocycles. The highest BCUT2D eigenvalue weighted by molar-refractivity contribution is 5.81. The summed E-state index contributed by atoms with van der Waals surface area (Å²) in [5.41, 5.74) is 2.75. The third-order valence-electron chi connectivity index (χ3n) is 3.58. The van der Waals surface area contributed by atoms with E-state index in [1.807, 2.05) is 24.8 Å². The summed E-state index contributed by atoms with van der Waals surface area (Å²) in [7, 11) is 0. The van der Waals surface area contributed by atoms with E-state index in [4.69, 9.17) is 0 Å². The fourth-order valence-electron chi connectivity index (χ4n) is 2.54. The Labute approximate surface area is 119 Å². The number of likely N-dealkylation sites (tertiary alicyclic amines) is 1. The molecule has 20 heavy (non-hydrogen) atoms. The van der Waals surface area contributed by atoms with Crippen LogP contribution in [-0.4, -0.2) is 35.4 Å². The van der Waals surface area contributed by atoms with Crippen LogP contribution in [0.1, 0.15) is 36.2 Å². The summed E-state index contributed by atoms with van der Waals surface area (Å²) in [5.74, 6) is 0.0979. The fourth-order valence-corrected chi connectivity index (χ4v) is 2.54. The number of nitrogens with zero attached hydrogens (tertiary/aromatic N) is 3. The first kappa shape index (κ1) is 14.3. The smallest absolute Gasteiger partial charge is 0.241 e. The SMILES string of the molecule is Cc1cc(NCC(=O)N2CCCCC2)c(C#N)c(C)n1. The summed E-state index contributed by atoms with van der Waals surface area (Å²) in [5, 5.41) is 12.3. The molecule has 5 heteroatoms. The molecule has 0 bridgehead atoms. The van der Waals surface area contributed by atoms with E-state index < -0.39 is 0 Å². The lowest BCUT2D eigenvalue weighted by Gasteiger charge is -2.27. The standard InChI is InChI=1S/C15H20N4O/c1-11-8-14(13(9-16)12(2)18-11)17-10-15(20)19-6-4-3-5-7-19/h8H,3-7,10H2,1-2H3,(H,17,18). The molecule has 0 aromatic carbocycles. The van der Waals surface area contributed by atoms with Crippen LogP contribution in [0.2, 0.25) is 0 Å². The van der Waals surface area contributed by atoms with Gasteiger partial charge in [-0.2, -0.15) is 5.26 Å². The van der Waals surface area contributed by atoms with E-state index in [9.17, 15) is 10.1 Å². The minimum atomic E-state index is 0.0979. The summed E-state index contributed by atoms with van der Waals surface area (Å²) in [6.45, 7) is 5.62. The maximum absolute atomic E-state index is 12.1. The molecule has 1 N–H and O–H groups in total. The average molecular weight is 272 g/mol. The van der Waals surface area contributed by atoms with E-state index in [1.165, 1.54) is 6.42 Å². The molecule has 1 aliphatic heterocycles. The van der Waals surface area contributed by atoms with E-state index >= 15 is 0 Å². The Hall–Kier alpha value is -2.09. The van der Waals surface area contributed by atoms with Crippen LogP contribution in [0.25, 0.3) is 0 Å². The van der Waals surface area contributed by atoms with Gasteiger partial charge in [0.2, 0.25) is 5.91 Å². The van der Waals surface area contributed by atoms with Crippen LogP contribution in [0.15, 0.2) is 6.07 Å². The number of aryl methyl sites for hydroxylation is 2. The Morgan fingerprint density at radius 1 is 1.40 bits per heavy atom. The van der Waals surface area contributed by atoms with Crippen molar-refractivity contribution in [2.45, 2.75) is 33.1 Å². The average Bonchev–Trinajstić information content (AvgIpc) is 2.45. The molecule has 0 spiro atoms. The van der Waals surface area contributed by atoms with E-state index in [1.54, 1.807) is 0 Å². The topological polar surface area (TPSA) is 69.0 Å². The Morgan fingerprint density at radius 3 is 2.75 bits per heavy atom. The van der Waals surface area contributed by atoms with Crippen LogP contribution in [0.3, 0.4) is 0 Å². The molecule has 1 aliphatic rings. The molecular formula is C15H20N4O. The van der Waals surface area contributed by atoms with Crippen molar-refractivity contribution < 1.29 is 4.79 Å². The predicted molar refractivity (Wildman–Crippen MR) is 77.3 cm³/mol. The molecule has 0 aliphatic carbocycles. The molecule has 2 rings (SSSR count). The van der Waals surface area contributed by atoms with Gasteiger partial charge in [0.1, 0.15) is 6.07 Å². The molecular weight excluding hydrogens is 252 g/mol. The highest BCUT2D eigenvalue weighted by Crippen LogP contribution is 2.18. The number of pyridine rings is 1. The van der Waals surface area contributed by atoms with Gasteiger partial charge >= 0.3 is 0 Å². The van der Waals surface area contributed by atoms with E-state index in [0.29, 0.717) is 16.9 Å². The largest absolute Gasteiger partial charge is 0.375 e. The lowest BCUT2D eigenvalue weighted by molar-refractivity contribution is -0.130. The van der Waals surface area contributed by atoms with E-state index in [2.05, 4.69) is 16.4 Å². The van der Waals surface area contributed by atoms with Gasteiger partial charge < -0.3 is 10.2 Å². The maximum atomic E-state index is 12.1. The van der Waals surface area contributed by atoms with Crippen LogP contribution in [0.4, 0.5) is 5.69 Å². The van der Waals surface area contributed by atoms with Gasteiger partial charge in [0.25, 0.3) is 0 Å². The van der Waals surface area contributed by atoms with Crippen LogP contribution in [0, 0.1) is 25.2 Å². The molecule has 0 radical (unpaired) electrons. The van der Waals surface area contributed by atoms with Crippen molar-refractivity contribution in [2.75, 3.05) is 25.0 Å². The molecule has 0 unspecified atom stereocenters. The number of nitriles is 1. The monoisotopic (exact) mass is 272 g/mol. The molecule has 2 heterocycles. The third kappa shape index (κ3) is 3.27. The van der Waals surface area contributed by atoms with Crippen molar-refractivity contribution in [3.8, 4) is 6.07 Å². The summed E-state index contributed by atoms with van der Waals surface area (Å²) < 4.78 is 0. The Balaban J connectivity index is 2.03. The van der Waals surface area contributed by atoms with Crippen molar-refractivity contribution in [2.24, 2.45) is 0 Å². The quantitative estimate of drug-likeness (QED) is 0.913. The molecule has 5 nitrogen and oxygen atoms in total. The zero-order valence-electron chi connectivity index (χ0n) is 12.1. The highest BCUT2D eigenvalue weighted by atomic mass is 16.2. The number of nitrogens with one attached hydrogen (secondary N) is 1. The van der Waals surface area contributed by atoms with Gasteiger partial charge in [0.05, 0.1) is 23.5 Å². The number of hydrogen-bond acceptors (Lipinski definition) is 4.